The van der Waals surface area contributed by atoms with Gasteiger partial charge in [0.1, 0.15) is 19.0 Å². The number of aromatic nitrogens is 1. The van der Waals surface area contributed by atoms with Crippen LogP contribution in [0.2, 0.25) is 0 Å². The van der Waals surface area contributed by atoms with Crippen molar-refractivity contribution in [1.82, 2.24) is 9.88 Å². The van der Waals surface area contributed by atoms with Gasteiger partial charge in [0.05, 0.1) is 16.2 Å². The van der Waals surface area contributed by atoms with Gasteiger partial charge >= 0.3 is 0 Å². The highest BCUT2D eigenvalue weighted by Gasteiger charge is 2.49. The number of ether oxygens (including phenoxy) is 1. The Morgan fingerprint density at radius 3 is 2.43 bits per heavy atom. The first-order chi connectivity index (χ1) is 17.5. The molecule has 9 heteroatoms. The number of aryl methyl sites for hydroxylation is 1. The molecule has 1 aliphatic rings. The Kier molecular flexibility index (Phi) is 7.66. The highest BCUT2D eigenvalue weighted by atomic mass is 32.2. The lowest BCUT2D eigenvalue weighted by Crippen LogP contribution is -2.62. The van der Waals surface area contributed by atoms with Crippen molar-refractivity contribution in [1.29, 1.82) is 0 Å². The number of hydrogen-bond acceptors (Lipinski definition) is 7. The van der Waals surface area contributed by atoms with Crippen LogP contribution in [0.4, 0.5) is 0 Å². The zero-order valence-electron chi connectivity index (χ0n) is 21.3. The second-order valence-corrected chi connectivity index (χ2v) is 12.2. The van der Waals surface area contributed by atoms with Gasteiger partial charge in [-0.05, 0) is 43.3 Å². The van der Waals surface area contributed by atoms with Gasteiger partial charge in [-0.2, -0.15) is 0 Å². The van der Waals surface area contributed by atoms with Gasteiger partial charge in [-0.3, -0.25) is 14.6 Å². The number of benzene rings is 2. The number of likely N-dealkylation sites (tertiary alicyclic amines) is 1. The maximum atomic E-state index is 13.3. The summed E-state index contributed by atoms with van der Waals surface area (Å²) in [5, 5.41) is 10.2. The van der Waals surface area contributed by atoms with Crippen LogP contribution >= 0.6 is 0 Å². The maximum absolute atomic E-state index is 13.3. The minimum absolute atomic E-state index is 0.0804. The molecule has 0 radical (unpaired) electrons. The normalized spacial score (nSPS) is 15.0. The van der Waals surface area contributed by atoms with E-state index in [1.165, 1.54) is 12.1 Å². The van der Waals surface area contributed by atoms with E-state index in [-0.39, 0.29) is 42.0 Å². The van der Waals surface area contributed by atoms with Crippen molar-refractivity contribution in [3.05, 3.63) is 65.9 Å². The van der Waals surface area contributed by atoms with Crippen LogP contribution in [-0.4, -0.2) is 60.5 Å². The Balaban J connectivity index is 1.46. The molecule has 1 fully saturated rings. The number of nitrogens with zero attached hydrogens (tertiary/aromatic N) is 2. The number of para-hydroxylation sites is 1. The largest absolute Gasteiger partial charge is 0.489 e. The smallest absolute Gasteiger partial charge is 0.225 e. The minimum atomic E-state index is -3.76. The number of carbonyl (C=O) groups excluding carboxylic acids is 2. The lowest BCUT2D eigenvalue weighted by molar-refractivity contribution is -0.148. The number of carbonyl (C=O) groups is 2. The number of fused-ring (bicyclic) bond motifs is 1. The summed E-state index contributed by atoms with van der Waals surface area (Å²) in [5.74, 6) is -0.488. The van der Waals surface area contributed by atoms with E-state index in [4.69, 9.17) is 4.74 Å². The summed E-state index contributed by atoms with van der Waals surface area (Å²) in [4.78, 5) is 30.6. The number of aliphatic hydroxyl groups excluding tert-OH is 1. The first kappa shape index (κ1) is 26.8. The first-order valence-corrected chi connectivity index (χ1v) is 13.9. The van der Waals surface area contributed by atoms with E-state index in [1.54, 1.807) is 30.9 Å². The molecule has 1 aromatic heterocycles. The summed E-state index contributed by atoms with van der Waals surface area (Å²) in [7, 11) is -3.76. The van der Waals surface area contributed by atoms with Gasteiger partial charge in [-0.25, -0.2) is 8.42 Å². The van der Waals surface area contributed by atoms with Crippen molar-refractivity contribution in [2.24, 2.45) is 11.3 Å². The predicted molar refractivity (Wildman–Crippen MR) is 140 cm³/mol. The van der Waals surface area contributed by atoms with E-state index in [0.717, 1.165) is 22.2 Å². The Morgan fingerprint density at radius 1 is 1.11 bits per heavy atom. The number of Topliss-reactive ketones (excluding diaryl/α,β-unsaturated/α-hetero) is 1. The number of hydrogen-bond donors (Lipinski definition) is 1. The minimum Gasteiger partial charge on any atom is -0.489 e. The Bertz CT molecular complexity index is 1410. The molecule has 8 nitrogen and oxygen atoms in total. The van der Waals surface area contributed by atoms with Crippen molar-refractivity contribution in [3.63, 3.8) is 0 Å². The van der Waals surface area contributed by atoms with E-state index >= 15 is 0 Å². The fourth-order valence-corrected chi connectivity index (χ4v) is 6.73. The van der Waals surface area contributed by atoms with Crippen LogP contribution in [-0.2, 0) is 26.0 Å². The molecule has 3 aromatic rings. The van der Waals surface area contributed by atoms with Crippen LogP contribution in [0, 0.1) is 18.3 Å². The summed E-state index contributed by atoms with van der Waals surface area (Å²) in [6, 6.07) is 16.0. The fraction of sp³-hybridized carbons (Fsp3) is 0.393. The summed E-state index contributed by atoms with van der Waals surface area (Å²) >= 11 is 0. The second kappa shape index (κ2) is 10.6. The number of aliphatic hydroxyl groups is 1. The molecule has 37 heavy (non-hydrogen) atoms. The Morgan fingerprint density at radius 2 is 1.78 bits per heavy atom. The van der Waals surface area contributed by atoms with Crippen molar-refractivity contribution in [3.8, 4) is 5.75 Å². The Hall–Kier alpha value is -3.30. The second-order valence-electron chi connectivity index (χ2n) is 10.2. The highest BCUT2D eigenvalue weighted by molar-refractivity contribution is 7.91. The third-order valence-electron chi connectivity index (χ3n) is 6.61. The van der Waals surface area contributed by atoms with Gasteiger partial charge < -0.3 is 14.7 Å². The van der Waals surface area contributed by atoms with Crippen LogP contribution < -0.4 is 4.74 Å². The third-order valence-corrected chi connectivity index (χ3v) is 8.59. The standard InChI is InChI=1S/C28H32N2O6S/c1-19(2)27(33)30-16-28(17-30,13-22(32)14-31)18-37(34,35)24-10-8-23(9-11-24)36-15-21-12-20(3)29-26-7-5-4-6-25(21)26/h4-12,19,31H,13-18H2,1-3H3. The molecule has 0 atom stereocenters. The zero-order valence-corrected chi connectivity index (χ0v) is 22.1. The van der Waals surface area contributed by atoms with E-state index in [0.29, 0.717) is 12.4 Å². The summed E-state index contributed by atoms with van der Waals surface area (Å²) in [6.45, 7) is 5.49. The van der Waals surface area contributed by atoms with Crippen molar-refractivity contribution in [2.75, 3.05) is 25.4 Å². The SMILES string of the molecule is Cc1cc(COc2ccc(S(=O)(=O)CC3(CC(=O)CO)CN(C(=O)C(C)C)C3)cc2)c2ccccc2n1. The van der Waals surface area contributed by atoms with Crippen molar-refractivity contribution >= 4 is 32.4 Å². The molecule has 196 valence electrons. The quantitative estimate of drug-likeness (QED) is 0.433. The molecule has 0 saturated carbocycles. The van der Waals surface area contributed by atoms with Crippen LogP contribution in [0.3, 0.4) is 0 Å². The molecule has 2 heterocycles. The zero-order chi connectivity index (χ0) is 26.8. The van der Waals surface area contributed by atoms with Crippen molar-refractivity contribution < 1.29 is 27.9 Å². The molecule has 1 amide bonds. The molecule has 1 N–H and O–H groups in total. The topological polar surface area (TPSA) is 114 Å². The van der Waals surface area contributed by atoms with Gasteiger partial charge in [-0.15, -0.1) is 0 Å². The number of sulfone groups is 1. The highest BCUT2D eigenvalue weighted by Crippen LogP contribution is 2.38. The lowest BCUT2D eigenvalue weighted by Gasteiger charge is -2.50. The number of amides is 1. The first-order valence-electron chi connectivity index (χ1n) is 12.2. The average molecular weight is 525 g/mol. The monoisotopic (exact) mass is 524 g/mol. The van der Waals surface area contributed by atoms with Crippen molar-refractivity contribution in [2.45, 2.75) is 38.7 Å². The molecule has 4 rings (SSSR count). The van der Waals surface area contributed by atoms with Gasteiger partial charge in [0, 0.05) is 47.5 Å². The van der Waals surface area contributed by atoms with Crippen LogP contribution in [0.1, 0.15) is 31.5 Å². The van der Waals surface area contributed by atoms with Gasteiger partial charge in [0.25, 0.3) is 0 Å². The molecular formula is C28H32N2O6S. The maximum Gasteiger partial charge on any atom is 0.225 e. The van der Waals surface area contributed by atoms with Gasteiger partial charge in [0.15, 0.2) is 15.6 Å². The van der Waals surface area contributed by atoms with E-state index in [9.17, 15) is 23.1 Å². The van der Waals surface area contributed by atoms with Crippen LogP contribution in [0.5, 0.6) is 5.75 Å². The molecule has 1 aliphatic heterocycles. The number of rotatable bonds is 10. The lowest BCUT2D eigenvalue weighted by atomic mass is 9.77. The molecule has 0 aliphatic carbocycles. The fourth-order valence-electron chi connectivity index (χ4n) is 4.92. The average Bonchev–Trinajstić information content (AvgIpc) is 2.84. The van der Waals surface area contributed by atoms with Crippen LogP contribution in [0.25, 0.3) is 10.9 Å². The summed E-state index contributed by atoms with van der Waals surface area (Å²) < 4.78 is 32.5. The van der Waals surface area contributed by atoms with E-state index in [2.05, 4.69) is 4.98 Å². The summed E-state index contributed by atoms with van der Waals surface area (Å²) in [6.07, 6.45) is -0.0922. The third kappa shape index (κ3) is 5.99. The molecule has 0 unspecified atom stereocenters. The van der Waals surface area contributed by atoms with Gasteiger partial charge in [0.2, 0.25) is 5.91 Å². The number of pyridine rings is 1. The van der Waals surface area contributed by atoms with Gasteiger partial charge in [-0.1, -0.05) is 32.0 Å². The van der Waals surface area contributed by atoms with E-state index < -0.39 is 27.6 Å². The molecule has 0 spiro atoms. The van der Waals surface area contributed by atoms with Crippen LogP contribution in [0.15, 0.2) is 59.5 Å². The molecule has 1 saturated heterocycles. The Labute approximate surface area is 217 Å². The summed E-state index contributed by atoms with van der Waals surface area (Å²) in [5.41, 5.74) is 1.86. The molecule has 2 aromatic carbocycles. The predicted octanol–water partition coefficient (Wildman–Crippen LogP) is 3.33. The number of ketones is 1. The van der Waals surface area contributed by atoms with E-state index in [1.807, 2.05) is 37.3 Å². The molecular weight excluding hydrogens is 492 g/mol. The molecule has 0 bridgehead atoms.